The lowest BCUT2D eigenvalue weighted by Crippen LogP contribution is -2.28. The second-order valence-corrected chi connectivity index (χ2v) is 3.84. The van der Waals surface area contributed by atoms with E-state index in [0.717, 1.165) is 0 Å². The van der Waals surface area contributed by atoms with Crippen LogP contribution in [0.3, 0.4) is 0 Å². The number of hydrogen-bond acceptors (Lipinski definition) is 6. The quantitative estimate of drug-likeness (QED) is 0.351. The van der Waals surface area contributed by atoms with Gasteiger partial charge in [0.1, 0.15) is 5.69 Å². The van der Waals surface area contributed by atoms with Crippen LogP contribution in [0, 0.1) is 22.5 Å². The van der Waals surface area contributed by atoms with Gasteiger partial charge in [0.25, 0.3) is 5.69 Å². The summed E-state index contributed by atoms with van der Waals surface area (Å²) in [6.07, 6.45) is 5.03. The Morgan fingerprint density at radius 3 is 2.80 bits per heavy atom. The highest BCUT2D eigenvalue weighted by molar-refractivity contribution is 5.95. The second kappa shape index (κ2) is 5.90. The fourth-order valence-corrected chi connectivity index (χ4v) is 1.63. The molecule has 0 fully saturated rings. The summed E-state index contributed by atoms with van der Waals surface area (Å²) < 4.78 is 10.2. The van der Waals surface area contributed by atoms with Crippen LogP contribution in [0.5, 0.6) is 11.5 Å². The molecule has 0 saturated carbocycles. The van der Waals surface area contributed by atoms with Gasteiger partial charge in [0, 0.05) is 6.07 Å². The number of nitro groups is 1. The van der Waals surface area contributed by atoms with Crippen LogP contribution in [0.4, 0.5) is 11.4 Å². The van der Waals surface area contributed by atoms with E-state index >= 15 is 0 Å². The molecule has 1 aromatic carbocycles. The number of rotatable bonds is 5. The highest BCUT2D eigenvalue weighted by atomic mass is 16.7. The van der Waals surface area contributed by atoms with Crippen molar-refractivity contribution in [3.8, 4) is 23.8 Å². The monoisotopic (exact) mass is 277 g/mol. The van der Waals surface area contributed by atoms with E-state index in [2.05, 4.69) is 16.6 Å². The van der Waals surface area contributed by atoms with Crippen LogP contribution >= 0.6 is 0 Å². The maximum atomic E-state index is 11.6. The Morgan fingerprint density at radius 2 is 2.15 bits per heavy atom. The van der Waals surface area contributed by atoms with Crippen molar-refractivity contribution in [1.82, 2.24) is 5.32 Å². The van der Waals surface area contributed by atoms with Gasteiger partial charge in [0.05, 0.1) is 24.1 Å². The zero-order valence-corrected chi connectivity index (χ0v) is 10.3. The normalized spacial score (nSPS) is 11.8. The Labute approximate surface area is 114 Å². The Bertz CT molecular complexity index is 593. The third-order valence-corrected chi connectivity index (χ3v) is 2.47. The number of nitrogens with zero attached hydrogens (tertiary/aromatic N) is 1. The van der Waals surface area contributed by atoms with Gasteiger partial charge in [-0.2, -0.15) is 0 Å². The largest absolute Gasteiger partial charge is 0.454 e. The van der Waals surface area contributed by atoms with Gasteiger partial charge in [-0.3, -0.25) is 20.2 Å². The van der Waals surface area contributed by atoms with E-state index < -0.39 is 10.8 Å². The predicted octanol–water partition coefficient (Wildman–Crippen LogP) is 0.485. The summed E-state index contributed by atoms with van der Waals surface area (Å²) in [5.41, 5.74) is -0.216. The summed E-state index contributed by atoms with van der Waals surface area (Å²) in [6.45, 7) is 0.181. The van der Waals surface area contributed by atoms with Crippen molar-refractivity contribution < 1.29 is 19.2 Å². The highest BCUT2D eigenvalue weighted by Gasteiger charge is 2.24. The number of nitrogens with one attached hydrogen (secondary N) is 2. The Kier molecular flexibility index (Phi) is 4.02. The van der Waals surface area contributed by atoms with E-state index in [-0.39, 0.29) is 37.0 Å². The molecule has 1 aromatic rings. The van der Waals surface area contributed by atoms with E-state index in [1.807, 2.05) is 0 Å². The number of carbonyl (C=O) groups is 1. The van der Waals surface area contributed by atoms with Crippen molar-refractivity contribution >= 4 is 17.3 Å². The Balaban J connectivity index is 2.16. The first kappa shape index (κ1) is 13.6. The van der Waals surface area contributed by atoms with E-state index in [1.54, 1.807) is 0 Å². The molecule has 1 heterocycles. The Morgan fingerprint density at radius 1 is 1.45 bits per heavy atom. The van der Waals surface area contributed by atoms with E-state index in [0.29, 0.717) is 5.75 Å². The molecule has 20 heavy (non-hydrogen) atoms. The van der Waals surface area contributed by atoms with Crippen molar-refractivity contribution in [3.63, 3.8) is 0 Å². The molecule has 0 atom stereocenters. The molecule has 8 heteroatoms. The molecule has 0 unspecified atom stereocenters. The summed E-state index contributed by atoms with van der Waals surface area (Å²) in [4.78, 5) is 22.0. The Hall–Kier alpha value is -2.79. The van der Waals surface area contributed by atoms with Crippen LogP contribution in [0.25, 0.3) is 0 Å². The van der Waals surface area contributed by atoms with Gasteiger partial charge in [-0.15, -0.1) is 6.42 Å². The minimum absolute atomic E-state index is 0.00634. The molecule has 0 spiro atoms. The molecule has 0 radical (unpaired) electrons. The summed E-state index contributed by atoms with van der Waals surface area (Å²) in [7, 11) is 0. The van der Waals surface area contributed by atoms with Gasteiger partial charge in [0.15, 0.2) is 11.5 Å². The van der Waals surface area contributed by atoms with Crippen LogP contribution in [0.15, 0.2) is 12.1 Å². The number of amides is 1. The van der Waals surface area contributed by atoms with Crippen molar-refractivity contribution in [2.24, 2.45) is 0 Å². The number of fused-ring (bicyclic) bond motifs is 1. The lowest BCUT2D eigenvalue weighted by molar-refractivity contribution is -0.384. The number of carbonyl (C=O) groups excluding carboxylic acids is 1. The number of nitro benzene ring substituents is 1. The van der Waals surface area contributed by atoms with Crippen molar-refractivity contribution in [3.05, 3.63) is 22.2 Å². The zero-order chi connectivity index (χ0) is 14.5. The molecule has 1 aliphatic heterocycles. The van der Waals surface area contributed by atoms with Crippen LogP contribution in [-0.4, -0.2) is 30.7 Å². The fraction of sp³-hybridized carbons (Fsp3) is 0.250. The van der Waals surface area contributed by atoms with Crippen molar-refractivity contribution in [1.29, 1.82) is 0 Å². The first-order valence-electron chi connectivity index (χ1n) is 5.64. The number of anilines is 1. The van der Waals surface area contributed by atoms with Gasteiger partial charge >= 0.3 is 0 Å². The van der Waals surface area contributed by atoms with Crippen LogP contribution in [-0.2, 0) is 4.79 Å². The molecule has 0 saturated heterocycles. The molecule has 0 aromatic heterocycles. The second-order valence-electron chi connectivity index (χ2n) is 3.84. The molecule has 1 amide bonds. The minimum Gasteiger partial charge on any atom is -0.454 e. The third-order valence-electron chi connectivity index (χ3n) is 2.47. The lowest BCUT2D eigenvalue weighted by Gasteiger charge is -2.07. The maximum Gasteiger partial charge on any atom is 0.296 e. The molecule has 8 nitrogen and oxygen atoms in total. The van der Waals surface area contributed by atoms with Crippen LogP contribution in [0.2, 0.25) is 0 Å². The number of ether oxygens (including phenoxy) is 2. The average molecular weight is 277 g/mol. The van der Waals surface area contributed by atoms with Gasteiger partial charge in [-0.25, -0.2) is 0 Å². The summed E-state index contributed by atoms with van der Waals surface area (Å²) in [5, 5.41) is 16.1. The molecule has 104 valence electrons. The number of terminal acetylenes is 1. The molecule has 1 aliphatic rings. The van der Waals surface area contributed by atoms with Gasteiger partial charge in [0.2, 0.25) is 12.7 Å². The molecule has 0 aliphatic carbocycles. The number of hydrogen-bond donors (Lipinski definition) is 2. The fourth-order valence-electron chi connectivity index (χ4n) is 1.63. The summed E-state index contributed by atoms with van der Waals surface area (Å²) in [5.74, 6) is 2.50. The SMILES string of the molecule is C#CCNCC(=O)Nc1cc2c(cc1[N+](=O)[O-])OCO2. The minimum atomic E-state index is -0.605. The number of benzene rings is 1. The topological polar surface area (TPSA) is 103 Å². The van der Waals surface area contributed by atoms with E-state index in [4.69, 9.17) is 15.9 Å². The predicted molar refractivity (Wildman–Crippen MR) is 69.6 cm³/mol. The molecular formula is C12H11N3O5. The molecule has 2 rings (SSSR count). The van der Waals surface area contributed by atoms with Crippen LogP contribution < -0.4 is 20.1 Å². The molecular weight excluding hydrogens is 266 g/mol. The zero-order valence-electron chi connectivity index (χ0n) is 10.3. The standard InChI is InChI=1S/C12H11N3O5/c1-2-3-13-6-12(16)14-8-4-10-11(20-7-19-10)5-9(8)15(17)18/h1,4-5,13H,3,6-7H2,(H,14,16). The summed E-state index contributed by atoms with van der Waals surface area (Å²) >= 11 is 0. The third kappa shape index (κ3) is 2.96. The summed E-state index contributed by atoms with van der Waals surface area (Å²) in [6, 6.07) is 2.58. The lowest BCUT2D eigenvalue weighted by atomic mass is 10.2. The maximum absolute atomic E-state index is 11.6. The van der Waals surface area contributed by atoms with Gasteiger partial charge in [-0.1, -0.05) is 5.92 Å². The molecule has 2 N–H and O–H groups in total. The van der Waals surface area contributed by atoms with Crippen LogP contribution in [0.1, 0.15) is 0 Å². The molecule has 0 bridgehead atoms. The van der Waals surface area contributed by atoms with Gasteiger partial charge < -0.3 is 14.8 Å². The average Bonchev–Trinajstić information content (AvgIpc) is 2.85. The highest BCUT2D eigenvalue weighted by Crippen LogP contribution is 2.40. The first-order chi connectivity index (χ1) is 9.61. The van der Waals surface area contributed by atoms with Gasteiger partial charge in [-0.05, 0) is 0 Å². The smallest absolute Gasteiger partial charge is 0.296 e. The van der Waals surface area contributed by atoms with E-state index in [1.165, 1.54) is 12.1 Å². The first-order valence-corrected chi connectivity index (χ1v) is 5.64. The van der Waals surface area contributed by atoms with E-state index in [9.17, 15) is 14.9 Å². The van der Waals surface area contributed by atoms with Crippen molar-refractivity contribution in [2.75, 3.05) is 25.2 Å². The van der Waals surface area contributed by atoms with Crippen molar-refractivity contribution in [2.45, 2.75) is 0 Å².